The molecule has 19 heavy (non-hydrogen) atoms. The molecule has 0 unspecified atom stereocenters. The van der Waals surface area contributed by atoms with E-state index in [4.69, 9.17) is 43.1 Å². The quantitative estimate of drug-likeness (QED) is 0.413. The van der Waals surface area contributed by atoms with Crippen LogP contribution in [0.1, 0.15) is 23.7 Å². The number of rotatable bonds is 0. The third kappa shape index (κ3) is 452. The van der Waals surface area contributed by atoms with Gasteiger partial charge in [-0.1, -0.05) is 22.3 Å². The van der Waals surface area contributed by atoms with Crippen LogP contribution in [-0.4, -0.2) is 23.3 Å². The predicted molar refractivity (Wildman–Crippen MR) is 58.1 cm³/mol. The van der Waals surface area contributed by atoms with E-state index < -0.39 is 0 Å². The smallest absolute Gasteiger partial charge is 0 e. The SMILES string of the molecule is C.C.C.O.O.O=C=O.O=C=O.O=O.[C-]#[O+].[C-]#[O+].[C-]#[O+].[HH]. The van der Waals surface area contributed by atoms with E-state index in [-0.39, 0.29) is 47.0 Å². The van der Waals surface area contributed by atoms with Crippen molar-refractivity contribution in [1.82, 2.24) is 0 Å². The Labute approximate surface area is 111 Å². The molecule has 116 valence electrons. The zero-order chi connectivity index (χ0) is 13.4. The standard InChI is InChI=1S/2CO2.3CO.3CH4.O2.2H2O.H2/c2*2-1-3;3*1-2;;;;1-2;;;/h;;;;;3*1H4;;2*1H2;1H. The molecule has 0 bridgehead atoms. The molecule has 0 heterocycles. The first kappa shape index (κ1) is 131. The second-order valence-electron chi connectivity index (χ2n) is 0.167. The van der Waals surface area contributed by atoms with Crippen LogP contribution in [0.25, 0.3) is 0 Å². The second-order valence-corrected chi connectivity index (χ2v) is 0.167. The van der Waals surface area contributed by atoms with Gasteiger partial charge in [0, 0.05) is 11.4 Å². The van der Waals surface area contributed by atoms with Gasteiger partial charge in [0.05, 0.1) is 0 Å². The molecule has 0 atom stereocenters. The van der Waals surface area contributed by atoms with Crippen molar-refractivity contribution >= 4 is 12.3 Å². The van der Waals surface area contributed by atoms with Gasteiger partial charge in [-0.2, -0.15) is 19.2 Å². The summed E-state index contributed by atoms with van der Waals surface area (Å²) in [6.45, 7) is 13.5. The van der Waals surface area contributed by atoms with Gasteiger partial charge in [0.2, 0.25) is 0 Å². The van der Waals surface area contributed by atoms with E-state index in [1.54, 1.807) is 0 Å². The Kier molecular flexibility index (Phi) is 89900. The number of hydrogen-bond acceptors (Lipinski definition) is 6. The predicted octanol–water partition coefficient (Wildman–Crippen LogP) is -0.708. The third-order valence-corrected chi connectivity index (χ3v) is 0. The molecule has 0 saturated carbocycles. The molecule has 0 fully saturated rings. The fraction of sp³-hybridized carbons (Fsp3) is 0.375. The molecule has 0 aromatic carbocycles. The fourth-order valence-corrected chi connectivity index (χ4v) is 0. The van der Waals surface area contributed by atoms with Gasteiger partial charge in [0.25, 0.3) is 0 Å². The molecule has 0 saturated heterocycles. The first-order valence-corrected chi connectivity index (χ1v) is 1.60. The van der Waals surface area contributed by atoms with Crippen LogP contribution in [0.5, 0.6) is 0 Å². The number of hydrogen-bond donors (Lipinski definition) is 0. The third-order valence-electron chi connectivity index (χ3n) is 0. The van der Waals surface area contributed by atoms with E-state index >= 15 is 0 Å². The molecule has 4 N–H and O–H groups in total. The Morgan fingerprint density at radius 2 is 0.579 bits per heavy atom. The van der Waals surface area contributed by atoms with Crippen LogP contribution in [0.2, 0.25) is 0 Å². The van der Waals surface area contributed by atoms with Gasteiger partial charge in [-0.3, -0.25) is 0 Å². The van der Waals surface area contributed by atoms with Crippen molar-refractivity contribution in [2.45, 2.75) is 22.3 Å². The van der Waals surface area contributed by atoms with Crippen molar-refractivity contribution in [1.29, 1.82) is 0 Å². The monoisotopic (exact) mass is 290 g/mol. The van der Waals surface area contributed by atoms with Gasteiger partial charge in [-0.05, 0) is 0 Å². The fourth-order valence-electron chi connectivity index (χ4n) is 0. The molecule has 0 rings (SSSR count). The zero-order valence-electron chi connectivity index (χ0n) is 7.17. The first-order chi connectivity index (χ1) is 6.83. The van der Waals surface area contributed by atoms with E-state index in [1.807, 2.05) is 0 Å². The van der Waals surface area contributed by atoms with Crippen LogP contribution in [0, 0.1) is 29.9 Å². The van der Waals surface area contributed by atoms with Gasteiger partial charge in [-0.25, -0.2) is 0 Å². The van der Waals surface area contributed by atoms with Crippen molar-refractivity contribution in [3.8, 4) is 0 Å². The molecule has 11 nitrogen and oxygen atoms in total. The molecular formula is C8H18O11. The molecule has 0 spiro atoms. The van der Waals surface area contributed by atoms with Gasteiger partial charge >= 0.3 is 46.2 Å². The largest absolute Gasteiger partial charge is 0 e. The summed E-state index contributed by atoms with van der Waals surface area (Å²) in [5.41, 5.74) is 0. The van der Waals surface area contributed by atoms with E-state index in [0.29, 0.717) is 0 Å². The molecular weight excluding hydrogens is 272 g/mol. The normalized spacial score (nSPS) is 1.37. The van der Waals surface area contributed by atoms with Crippen LogP contribution in [0.15, 0.2) is 0 Å². The van der Waals surface area contributed by atoms with Crippen LogP contribution in [-0.2, 0) is 33.1 Å². The van der Waals surface area contributed by atoms with Gasteiger partial charge < -0.3 is 11.0 Å². The molecule has 0 aliphatic carbocycles. The zero-order valence-corrected chi connectivity index (χ0v) is 7.17. The summed E-state index contributed by atoms with van der Waals surface area (Å²) in [6.07, 6.45) is 0.500. The Bertz CT molecular complexity index is 160. The Morgan fingerprint density at radius 1 is 0.579 bits per heavy atom. The van der Waals surface area contributed by atoms with Crippen molar-refractivity contribution in [3.05, 3.63) is 29.9 Å². The van der Waals surface area contributed by atoms with Crippen molar-refractivity contribution in [2.75, 3.05) is 0 Å². The average Bonchev–Trinajstić information content (AvgIpc) is 2.31. The summed E-state index contributed by atoms with van der Waals surface area (Å²) >= 11 is 0. The van der Waals surface area contributed by atoms with Crippen molar-refractivity contribution in [3.63, 3.8) is 0 Å². The summed E-state index contributed by atoms with van der Waals surface area (Å²) in [6, 6.07) is 0. The maximum atomic E-state index is 8.12. The van der Waals surface area contributed by atoms with E-state index in [1.165, 1.54) is 0 Å². The minimum absolute atomic E-state index is 0. The summed E-state index contributed by atoms with van der Waals surface area (Å²) in [7, 11) is 0. The number of carbonyl (C=O) groups excluding carboxylic acids is 4. The van der Waals surface area contributed by atoms with Crippen LogP contribution < -0.4 is 0 Å². The van der Waals surface area contributed by atoms with E-state index in [2.05, 4.69) is 20.0 Å². The van der Waals surface area contributed by atoms with Crippen LogP contribution in [0.4, 0.5) is 0 Å². The summed E-state index contributed by atoms with van der Waals surface area (Å²) < 4.78 is 22.5. The summed E-state index contributed by atoms with van der Waals surface area (Å²) in [5.74, 6) is 0. The topological polar surface area (TPSA) is 225 Å². The van der Waals surface area contributed by atoms with Crippen LogP contribution >= 0.6 is 0 Å². The first-order valence-electron chi connectivity index (χ1n) is 1.60. The van der Waals surface area contributed by atoms with Crippen molar-refractivity contribution in [2.24, 2.45) is 0 Å². The van der Waals surface area contributed by atoms with Crippen molar-refractivity contribution < 1.29 is 45.5 Å². The van der Waals surface area contributed by atoms with Gasteiger partial charge in [-0.15, -0.1) is 0 Å². The van der Waals surface area contributed by atoms with E-state index in [0.717, 1.165) is 0 Å². The minimum atomic E-state index is 0. The Hall–Kier alpha value is -2.50. The summed E-state index contributed by atoms with van der Waals surface area (Å²) in [5, 5.41) is 0. The van der Waals surface area contributed by atoms with E-state index in [9.17, 15) is 0 Å². The average molecular weight is 290 g/mol. The maximum absolute atomic E-state index is 8.12. The molecule has 0 aliphatic heterocycles. The maximum Gasteiger partial charge on any atom is 0 e. The molecule has 0 amide bonds. The molecule has 0 aromatic rings. The second kappa shape index (κ2) is 13000. The molecule has 0 aliphatic rings. The van der Waals surface area contributed by atoms with Gasteiger partial charge in [0.15, 0.2) is 0 Å². The molecule has 11 heteroatoms. The molecule has 0 aromatic heterocycles. The Morgan fingerprint density at radius 3 is 0.579 bits per heavy atom. The summed E-state index contributed by atoms with van der Waals surface area (Å²) in [4.78, 5) is 46.5. The van der Waals surface area contributed by atoms with Gasteiger partial charge in [0.1, 0.15) is 0 Å². The molecule has 0 radical (unpaired) electrons. The minimum Gasteiger partial charge on any atom is 0 e. The Balaban J connectivity index is -0.00000000366. The van der Waals surface area contributed by atoms with Crippen LogP contribution in [0.3, 0.4) is 0 Å².